The molecule has 2 rings (SSSR count). The third-order valence-electron chi connectivity index (χ3n) is 2.35. The highest BCUT2D eigenvalue weighted by Gasteiger charge is 2.12. The van der Waals surface area contributed by atoms with Crippen LogP contribution in [0.1, 0.15) is 18.4 Å². The first-order valence-electron chi connectivity index (χ1n) is 5.84. The Labute approximate surface area is 114 Å². The van der Waals surface area contributed by atoms with E-state index < -0.39 is 0 Å². The van der Waals surface area contributed by atoms with E-state index in [1.54, 1.807) is 6.92 Å². The van der Waals surface area contributed by atoms with Crippen molar-refractivity contribution in [3.8, 4) is 0 Å². The quantitative estimate of drug-likeness (QED) is 0.795. The fourth-order valence-corrected chi connectivity index (χ4v) is 2.30. The number of nitrogens with one attached hydrogen (secondary N) is 1. The third kappa shape index (κ3) is 3.75. The summed E-state index contributed by atoms with van der Waals surface area (Å²) in [6.45, 7) is 2.77. The van der Waals surface area contributed by atoms with Crippen molar-refractivity contribution in [3.05, 3.63) is 23.2 Å². The molecule has 0 aliphatic carbocycles. The second kappa shape index (κ2) is 6.28. The van der Waals surface area contributed by atoms with Crippen molar-refractivity contribution < 1.29 is 9.53 Å². The molecule has 8 heteroatoms. The minimum absolute atomic E-state index is 0.209. The van der Waals surface area contributed by atoms with E-state index in [0.717, 1.165) is 16.6 Å². The van der Waals surface area contributed by atoms with E-state index in [1.807, 2.05) is 17.3 Å². The van der Waals surface area contributed by atoms with E-state index in [9.17, 15) is 4.79 Å². The number of carbonyl (C=O) groups excluding carboxylic acids is 1. The number of aromatic amines is 1. The summed E-state index contributed by atoms with van der Waals surface area (Å²) in [6.07, 6.45) is 1.68. The molecule has 0 radical (unpaired) electrons. The highest BCUT2D eigenvalue weighted by atomic mass is 32.1. The Morgan fingerprint density at radius 3 is 3.11 bits per heavy atom. The van der Waals surface area contributed by atoms with Gasteiger partial charge in [-0.05, 0) is 6.92 Å². The number of nitrogens with zero attached hydrogens (tertiary/aromatic N) is 4. The number of anilines is 1. The van der Waals surface area contributed by atoms with Crippen LogP contribution >= 0.6 is 11.3 Å². The van der Waals surface area contributed by atoms with Crippen molar-refractivity contribution in [2.45, 2.75) is 19.9 Å². The van der Waals surface area contributed by atoms with Gasteiger partial charge in [0.1, 0.15) is 12.2 Å². The fourth-order valence-electron chi connectivity index (χ4n) is 1.51. The van der Waals surface area contributed by atoms with Crippen LogP contribution in [0, 0.1) is 0 Å². The predicted molar refractivity (Wildman–Crippen MR) is 70.9 cm³/mol. The molecule has 0 unspecified atom stereocenters. The number of rotatable bonds is 6. The standard InChI is InChI=1S/C11H15N5O2S/c1-3-18-10(17)4-8-6-19-11(14-8)16(2)5-9-12-7-13-15-9/h6-7H,3-5H2,1-2H3,(H,12,13,15). The Kier molecular flexibility index (Phi) is 4.45. The van der Waals surface area contributed by atoms with E-state index in [0.29, 0.717) is 13.2 Å². The third-order valence-corrected chi connectivity index (χ3v) is 3.35. The Hall–Kier alpha value is -1.96. The smallest absolute Gasteiger partial charge is 0.311 e. The zero-order chi connectivity index (χ0) is 13.7. The van der Waals surface area contributed by atoms with Crippen molar-refractivity contribution >= 4 is 22.4 Å². The van der Waals surface area contributed by atoms with Crippen molar-refractivity contribution in [1.29, 1.82) is 0 Å². The van der Waals surface area contributed by atoms with Gasteiger partial charge in [0, 0.05) is 12.4 Å². The van der Waals surface area contributed by atoms with Gasteiger partial charge in [-0.15, -0.1) is 11.3 Å². The molecule has 0 bridgehead atoms. The molecular formula is C11H15N5O2S. The van der Waals surface area contributed by atoms with Crippen LogP contribution in [-0.4, -0.2) is 39.8 Å². The lowest BCUT2D eigenvalue weighted by Crippen LogP contribution is -2.17. The minimum Gasteiger partial charge on any atom is -0.466 e. The maximum atomic E-state index is 11.4. The number of aromatic nitrogens is 4. The first-order valence-corrected chi connectivity index (χ1v) is 6.72. The van der Waals surface area contributed by atoms with Crippen LogP contribution in [0.3, 0.4) is 0 Å². The number of thiazole rings is 1. The van der Waals surface area contributed by atoms with Gasteiger partial charge in [-0.2, -0.15) is 5.10 Å². The van der Waals surface area contributed by atoms with Crippen molar-refractivity contribution in [1.82, 2.24) is 20.2 Å². The Morgan fingerprint density at radius 2 is 2.42 bits per heavy atom. The summed E-state index contributed by atoms with van der Waals surface area (Å²) in [5.41, 5.74) is 0.725. The molecule has 0 saturated carbocycles. The monoisotopic (exact) mass is 281 g/mol. The predicted octanol–water partition coefficient (Wildman–Crippen LogP) is 1.00. The molecule has 2 aromatic rings. The molecule has 0 fully saturated rings. The summed E-state index contributed by atoms with van der Waals surface area (Å²) >= 11 is 1.48. The molecule has 2 heterocycles. The normalized spacial score (nSPS) is 10.4. The van der Waals surface area contributed by atoms with Gasteiger partial charge in [0.25, 0.3) is 0 Å². The average molecular weight is 281 g/mol. The molecule has 19 heavy (non-hydrogen) atoms. The minimum atomic E-state index is -0.253. The van der Waals surface area contributed by atoms with E-state index >= 15 is 0 Å². The summed E-state index contributed by atoms with van der Waals surface area (Å²) in [5, 5.41) is 9.28. The lowest BCUT2D eigenvalue weighted by atomic mass is 10.3. The molecule has 0 aliphatic heterocycles. The van der Waals surface area contributed by atoms with Crippen LogP contribution in [0.2, 0.25) is 0 Å². The lowest BCUT2D eigenvalue weighted by Gasteiger charge is -2.13. The van der Waals surface area contributed by atoms with Crippen LogP contribution in [0.15, 0.2) is 11.7 Å². The summed E-state index contributed by atoms with van der Waals surface area (Å²) < 4.78 is 4.89. The SMILES string of the molecule is CCOC(=O)Cc1csc(N(C)Cc2ncn[nH]2)n1. The highest BCUT2D eigenvalue weighted by molar-refractivity contribution is 7.13. The molecular weight excluding hydrogens is 266 g/mol. The van der Waals surface area contributed by atoms with Gasteiger partial charge in [-0.3, -0.25) is 9.89 Å². The van der Waals surface area contributed by atoms with E-state index in [1.165, 1.54) is 17.7 Å². The Balaban J connectivity index is 1.94. The number of esters is 1. The van der Waals surface area contributed by atoms with E-state index in [-0.39, 0.29) is 12.4 Å². The molecule has 0 spiro atoms. The van der Waals surface area contributed by atoms with E-state index in [4.69, 9.17) is 4.74 Å². The van der Waals surface area contributed by atoms with Crippen molar-refractivity contribution in [2.24, 2.45) is 0 Å². The second-order valence-electron chi connectivity index (χ2n) is 3.89. The zero-order valence-electron chi connectivity index (χ0n) is 10.8. The van der Waals surface area contributed by atoms with Crippen molar-refractivity contribution in [3.63, 3.8) is 0 Å². The topological polar surface area (TPSA) is 84.0 Å². The summed E-state index contributed by atoms with van der Waals surface area (Å²) in [6, 6.07) is 0. The number of H-pyrrole nitrogens is 1. The second-order valence-corrected chi connectivity index (χ2v) is 4.73. The number of hydrogen-bond donors (Lipinski definition) is 1. The van der Waals surface area contributed by atoms with Crippen LogP contribution < -0.4 is 4.90 Å². The molecule has 1 N–H and O–H groups in total. The maximum Gasteiger partial charge on any atom is 0.311 e. The number of ether oxygens (including phenoxy) is 1. The van der Waals surface area contributed by atoms with Crippen molar-refractivity contribution in [2.75, 3.05) is 18.6 Å². The van der Waals surface area contributed by atoms with Crippen LogP contribution in [0.5, 0.6) is 0 Å². The maximum absolute atomic E-state index is 11.4. The molecule has 0 saturated heterocycles. The molecule has 0 amide bonds. The zero-order valence-corrected chi connectivity index (χ0v) is 11.6. The molecule has 0 aliphatic rings. The summed E-state index contributed by atoms with van der Waals surface area (Å²) in [5.74, 6) is 0.516. The number of carbonyl (C=O) groups is 1. The van der Waals surface area contributed by atoms with Gasteiger partial charge in [0.05, 0.1) is 25.3 Å². The lowest BCUT2D eigenvalue weighted by molar-refractivity contribution is -0.142. The summed E-state index contributed by atoms with van der Waals surface area (Å²) in [7, 11) is 1.91. The summed E-state index contributed by atoms with van der Waals surface area (Å²) in [4.78, 5) is 21.7. The Morgan fingerprint density at radius 1 is 1.58 bits per heavy atom. The van der Waals surface area contributed by atoms with Gasteiger partial charge in [0.15, 0.2) is 5.13 Å². The highest BCUT2D eigenvalue weighted by Crippen LogP contribution is 2.20. The van der Waals surface area contributed by atoms with Crippen LogP contribution in [0.25, 0.3) is 0 Å². The Bertz CT molecular complexity index is 525. The molecule has 7 nitrogen and oxygen atoms in total. The van der Waals surface area contributed by atoms with Crippen LogP contribution in [0.4, 0.5) is 5.13 Å². The first-order chi connectivity index (χ1) is 9.19. The molecule has 0 aromatic carbocycles. The van der Waals surface area contributed by atoms with Gasteiger partial charge in [-0.1, -0.05) is 0 Å². The molecule has 2 aromatic heterocycles. The average Bonchev–Trinajstić information content (AvgIpc) is 3.00. The van der Waals surface area contributed by atoms with Crippen LogP contribution in [-0.2, 0) is 22.5 Å². The van der Waals surface area contributed by atoms with E-state index in [2.05, 4.69) is 20.2 Å². The molecule has 102 valence electrons. The van der Waals surface area contributed by atoms with Gasteiger partial charge in [-0.25, -0.2) is 9.97 Å². The van der Waals surface area contributed by atoms with Gasteiger partial charge >= 0.3 is 5.97 Å². The molecule has 0 atom stereocenters. The first kappa shape index (κ1) is 13.5. The van der Waals surface area contributed by atoms with Gasteiger partial charge < -0.3 is 9.64 Å². The number of hydrogen-bond acceptors (Lipinski definition) is 7. The largest absolute Gasteiger partial charge is 0.466 e. The fraction of sp³-hybridized carbons (Fsp3) is 0.455. The van der Waals surface area contributed by atoms with Gasteiger partial charge in [0.2, 0.25) is 0 Å².